The highest BCUT2D eigenvalue weighted by atomic mass is 35.5. The maximum absolute atomic E-state index is 13.5. The molecule has 9 nitrogen and oxygen atoms in total. The highest BCUT2D eigenvalue weighted by Gasteiger charge is 2.36. The maximum Gasteiger partial charge on any atom is 0.262 e. The van der Waals surface area contributed by atoms with Gasteiger partial charge in [0.05, 0.1) is 22.0 Å². The van der Waals surface area contributed by atoms with E-state index in [1.54, 1.807) is 22.8 Å². The van der Waals surface area contributed by atoms with Gasteiger partial charge in [0.25, 0.3) is 5.56 Å². The zero-order valence-electron chi connectivity index (χ0n) is 17.4. The Morgan fingerprint density at radius 2 is 2.09 bits per heavy atom. The van der Waals surface area contributed by atoms with Gasteiger partial charge < -0.3 is 16.4 Å². The van der Waals surface area contributed by atoms with Crippen LogP contribution in [-0.4, -0.2) is 33.1 Å². The average Bonchev–Trinajstić information content (AvgIpc) is 3.58. The van der Waals surface area contributed by atoms with Crippen molar-refractivity contribution in [2.45, 2.75) is 31.8 Å². The van der Waals surface area contributed by atoms with Crippen LogP contribution in [0.4, 0.5) is 11.8 Å². The molecule has 2 heterocycles. The zero-order valence-corrected chi connectivity index (χ0v) is 18.9. The lowest BCUT2D eigenvalue weighted by Gasteiger charge is -2.23. The van der Waals surface area contributed by atoms with E-state index in [1.807, 2.05) is 13.1 Å². The number of fused-ring (bicyclic) bond motifs is 1. The quantitative estimate of drug-likeness (QED) is 0.336. The molecule has 1 saturated carbocycles. The lowest BCUT2D eigenvalue weighted by atomic mass is 10.1. The summed E-state index contributed by atoms with van der Waals surface area (Å²) in [4.78, 5) is 26.3. The Morgan fingerprint density at radius 3 is 2.78 bits per heavy atom. The molecule has 0 bridgehead atoms. The molecule has 0 aliphatic heterocycles. The molecule has 0 amide bonds. The number of nitriles is 1. The molecule has 1 aliphatic carbocycles. The number of nitrogens with zero attached hydrogens (tertiary/aromatic N) is 5. The van der Waals surface area contributed by atoms with Crippen molar-refractivity contribution >= 4 is 45.9 Å². The molecule has 32 heavy (non-hydrogen) atoms. The van der Waals surface area contributed by atoms with Gasteiger partial charge in [-0.2, -0.15) is 15.2 Å². The van der Waals surface area contributed by atoms with E-state index in [1.165, 1.54) is 0 Å². The molecule has 0 unspecified atom stereocenters. The Hall–Kier alpha value is -2.93. The van der Waals surface area contributed by atoms with Gasteiger partial charge in [0.1, 0.15) is 17.5 Å². The fraction of sp³-hybridized carbons (Fsp3) is 0.381. The van der Waals surface area contributed by atoms with E-state index < -0.39 is 0 Å². The second-order valence-corrected chi connectivity index (χ2v) is 8.45. The average molecular weight is 473 g/mol. The van der Waals surface area contributed by atoms with Gasteiger partial charge in [0.2, 0.25) is 5.95 Å². The van der Waals surface area contributed by atoms with Gasteiger partial charge in [-0.25, -0.2) is 4.98 Å². The van der Waals surface area contributed by atoms with Crippen molar-refractivity contribution in [3.05, 3.63) is 50.1 Å². The SMILES string of the molecule is CNCCCn1c([C@@H](Nc2nc(N)nc(Cl)c2C#N)C2CC2)nc2cccc(Cl)c2c1=O. The minimum atomic E-state index is -0.363. The number of nitrogens with two attached hydrogens (primary N) is 1. The molecule has 0 spiro atoms. The Balaban J connectivity index is 1.87. The van der Waals surface area contributed by atoms with E-state index in [-0.39, 0.29) is 40.0 Å². The Kier molecular flexibility index (Phi) is 6.46. The van der Waals surface area contributed by atoms with E-state index in [0.717, 1.165) is 25.8 Å². The van der Waals surface area contributed by atoms with Crippen molar-refractivity contribution in [2.24, 2.45) is 5.92 Å². The summed E-state index contributed by atoms with van der Waals surface area (Å²) in [5.41, 5.74) is 6.19. The second-order valence-electron chi connectivity index (χ2n) is 7.69. The molecule has 0 radical (unpaired) electrons. The van der Waals surface area contributed by atoms with E-state index in [9.17, 15) is 10.1 Å². The summed E-state index contributed by atoms with van der Waals surface area (Å²) in [5.74, 6) is 0.969. The number of nitrogen functional groups attached to an aromatic ring is 1. The molecule has 1 atom stereocenters. The highest BCUT2D eigenvalue weighted by molar-refractivity contribution is 6.35. The van der Waals surface area contributed by atoms with Crippen LogP contribution in [0.5, 0.6) is 0 Å². The molecule has 1 fully saturated rings. The van der Waals surface area contributed by atoms with Crippen LogP contribution in [0.2, 0.25) is 10.2 Å². The first kappa shape index (κ1) is 22.3. The molecular weight excluding hydrogens is 451 g/mol. The third-order valence-corrected chi connectivity index (χ3v) is 6.02. The monoisotopic (exact) mass is 472 g/mol. The summed E-state index contributed by atoms with van der Waals surface area (Å²) < 4.78 is 1.67. The number of benzene rings is 1. The first-order chi connectivity index (χ1) is 15.4. The number of hydrogen-bond acceptors (Lipinski definition) is 8. The first-order valence-corrected chi connectivity index (χ1v) is 11.0. The third kappa shape index (κ3) is 4.35. The number of nitrogens with one attached hydrogen (secondary N) is 2. The van der Waals surface area contributed by atoms with Crippen molar-refractivity contribution in [1.82, 2.24) is 24.8 Å². The standard InChI is InChI=1S/C21H22Cl2N8O/c1-26-8-3-9-31-19(27-14-5-2-4-13(22)15(14)20(31)32)16(11-6-7-11)28-18-12(10-24)17(23)29-21(25)30-18/h2,4-5,11,16,26H,3,6-9H2,1H3,(H3,25,28,29,30)/t16-/m0/s1. The smallest absolute Gasteiger partial charge is 0.262 e. The maximum atomic E-state index is 13.5. The summed E-state index contributed by atoms with van der Waals surface area (Å²) in [6.07, 6.45) is 2.63. The van der Waals surface area contributed by atoms with E-state index >= 15 is 0 Å². The van der Waals surface area contributed by atoms with E-state index in [2.05, 4.69) is 20.6 Å². The van der Waals surface area contributed by atoms with Crippen LogP contribution in [0.25, 0.3) is 10.9 Å². The predicted octanol–water partition coefficient (Wildman–Crippen LogP) is 3.12. The summed E-state index contributed by atoms with van der Waals surface area (Å²) >= 11 is 12.5. The molecule has 1 aliphatic rings. The van der Waals surface area contributed by atoms with Gasteiger partial charge in [-0.1, -0.05) is 29.3 Å². The zero-order chi connectivity index (χ0) is 22.8. The van der Waals surface area contributed by atoms with Crippen LogP contribution in [0.3, 0.4) is 0 Å². The van der Waals surface area contributed by atoms with E-state index in [0.29, 0.717) is 28.3 Å². The van der Waals surface area contributed by atoms with Crippen molar-refractivity contribution < 1.29 is 0 Å². The molecule has 4 N–H and O–H groups in total. The van der Waals surface area contributed by atoms with Gasteiger partial charge >= 0.3 is 0 Å². The molecule has 166 valence electrons. The van der Waals surface area contributed by atoms with Crippen LogP contribution in [-0.2, 0) is 6.54 Å². The normalized spacial score (nSPS) is 14.3. The molecule has 4 rings (SSSR count). The molecule has 11 heteroatoms. The van der Waals surface area contributed by atoms with Gasteiger partial charge in [-0.05, 0) is 50.9 Å². The topological polar surface area (TPSA) is 135 Å². The van der Waals surface area contributed by atoms with Gasteiger partial charge in [-0.3, -0.25) is 9.36 Å². The fourth-order valence-corrected chi connectivity index (χ4v) is 4.20. The second kappa shape index (κ2) is 9.28. The van der Waals surface area contributed by atoms with Crippen molar-refractivity contribution in [2.75, 3.05) is 24.6 Å². The fourth-order valence-electron chi connectivity index (χ4n) is 3.73. The Morgan fingerprint density at radius 1 is 1.31 bits per heavy atom. The van der Waals surface area contributed by atoms with Crippen molar-refractivity contribution in [3.63, 3.8) is 0 Å². The van der Waals surface area contributed by atoms with Crippen LogP contribution in [0, 0.1) is 17.2 Å². The van der Waals surface area contributed by atoms with E-state index in [4.69, 9.17) is 33.9 Å². The largest absolute Gasteiger partial charge is 0.368 e. The summed E-state index contributed by atoms with van der Waals surface area (Å²) in [7, 11) is 1.86. The van der Waals surface area contributed by atoms with Crippen LogP contribution >= 0.6 is 23.2 Å². The van der Waals surface area contributed by atoms with Crippen LogP contribution < -0.4 is 21.9 Å². The lowest BCUT2D eigenvalue weighted by molar-refractivity contribution is 0.521. The lowest BCUT2D eigenvalue weighted by Crippen LogP contribution is -2.31. The van der Waals surface area contributed by atoms with Gasteiger partial charge in [0.15, 0.2) is 11.0 Å². The molecule has 3 aromatic rings. The molecular formula is C21H22Cl2N8O. The minimum absolute atomic E-state index is 0.0262. The van der Waals surface area contributed by atoms with Crippen LogP contribution in [0.15, 0.2) is 23.0 Å². The van der Waals surface area contributed by atoms with Crippen molar-refractivity contribution in [1.29, 1.82) is 5.26 Å². The Labute approximate surface area is 194 Å². The number of halogens is 2. The first-order valence-electron chi connectivity index (χ1n) is 10.3. The minimum Gasteiger partial charge on any atom is -0.368 e. The summed E-state index contributed by atoms with van der Waals surface area (Å²) in [5, 5.41) is 16.7. The molecule has 2 aromatic heterocycles. The summed E-state index contributed by atoms with van der Waals surface area (Å²) in [6.45, 7) is 1.20. The summed E-state index contributed by atoms with van der Waals surface area (Å²) in [6, 6.07) is 6.89. The molecule has 1 aromatic carbocycles. The van der Waals surface area contributed by atoms with Gasteiger partial charge in [0, 0.05) is 6.54 Å². The third-order valence-electron chi connectivity index (χ3n) is 5.43. The highest BCUT2D eigenvalue weighted by Crippen LogP contribution is 2.43. The molecule has 0 saturated heterocycles. The van der Waals surface area contributed by atoms with Crippen molar-refractivity contribution in [3.8, 4) is 6.07 Å². The number of rotatable bonds is 8. The predicted molar refractivity (Wildman–Crippen MR) is 125 cm³/mol. The van der Waals surface area contributed by atoms with Gasteiger partial charge in [-0.15, -0.1) is 0 Å². The number of aromatic nitrogens is 4. The van der Waals surface area contributed by atoms with Crippen LogP contribution in [0.1, 0.15) is 36.7 Å². The number of hydrogen-bond donors (Lipinski definition) is 3. The number of anilines is 2. The Bertz CT molecular complexity index is 1270.